The maximum absolute atomic E-state index is 11.7. The summed E-state index contributed by atoms with van der Waals surface area (Å²) in [7, 11) is 0. The van der Waals surface area contributed by atoms with Crippen molar-refractivity contribution in [3.8, 4) is 0 Å². The van der Waals surface area contributed by atoms with Gasteiger partial charge >= 0.3 is 0 Å². The highest BCUT2D eigenvalue weighted by molar-refractivity contribution is 5.93. The molecule has 2 aliphatic carbocycles. The second kappa shape index (κ2) is 3.92. The molecule has 0 unspecified atom stereocenters. The summed E-state index contributed by atoms with van der Waals surface area (Å²) < 4.78 is 0. The van der Waals surface area contributed by atoms with E-state index in [1.807, 2.05) is 0 Å². The van der Waals surface area contributed by atoms with E-state index in [2.05, 4.69) is 15.5 Å². The van der Waals surface area contributed by atoms with E-state index in [-0.39, 0.29) is 5.91 Å². The summed E-state index contributed by atoms with van der Waals surface area (Å²) in [5, 5.41) is 9.47. The van der Waals surface area contributed by atoms with Gasteiger partial charge in [-0.05, 0) is 43.4 Å². The molecule has 0 radical (unpaired) electrons. The van der Waals surface area contributed by atoms with Crippen molar-refractivity contribution in [2.75, 3.05) is 6.54 Å². The lowest BCUT2D eigenvalue weighted by Gasteiger charge is -2.15. The third-order valence-electron chi connectivity index (χ3n) is 3.71. The summed E-state index contributed by atoms with van der Waals surface area (Å²) in [4.78, 5) is 11.7. The van der Waals surface area contributed by atoms with E-state index in [4.69, 9.17) is 0 Å². The van der Waals surface area contributed by atoms with E-state index in [9.17, 15) is 4.79 Å². The molecule has 2 saturated carbocycles. The van der Waals surface area contributed by atoms with Crippen LogP contribution < -0.4 is 5.32 Å². The van der Waals surface area contributed by atoms with E-state index in [0.29, 0.717) is 5.56 Å². The molecule has 0 spiro atoms. The molecule has 4 heteroatoms. The SMILES string of the molecule is O=C(NCC(C1CC1)C1CC1)c1cn[nH]c1. The average Bonchev–Trinajstić information content (AvgIpc) is 3.21. The predicted octanol–water partition coefficient (Wildman–Crippen LogP) is 1.58. The van der Waals surface area contributed by atoms with Gasteiger partial charge in [0.25, 0.3) is 5.91 Å². The summed E-state index contributed by atoms with van der Waals surface area (Å²) in [5.74, 6) is 2.50. The van der Waals surface area contributed by atoms with Gasteiger partial charge in [-0.1, -0.05) is 0 Å². The summed E-state index contributed by atoms with van der Waals surface area (Å²) in [5.41, 5.74) is 0.630. The Morgan fingerprint density at radius 3 is 2.62 bits per heavy atom. The molecule has 16 heavy (non-hydrogen) atoms. The minimum Gasteiger partial charge on any atom is -0.352 e. The van der Waals surface area contributed by atoms with Gasteiger partial charge in [-0.2, -0.15) is 5.10 Å². The topological polar surface area (TPSA) is 57.8 Å². The molecule has 1 amide bonds. The van der Waals surface area contributed by atoms with Gasteiger partial charge in [0, 0.05) is 12.7 Å². The number of aromatic nitrogens is 2. The van der Waals surface area contributed by atoms with Gasteiger partial charge in [0.15, 0.2) is 0 Å². The molecule has 0 aliphatic heterocycles. The third kappa shape index (κ3) is 2.10. The van der Waals surface area contributed by atoms with E-state index in [1.165, 1.54) is 25.7 Å². The Morgan fingerprint density at radius 1 is 1.44 bits per heavy atom. The molecular formula is C12H17N3O. The van der Waals surface area contributed by atoms with Crippen LogP contribution in [-0.2, 0) is 0 Å². The van der Waals surface area contributed by atoms with E-state index < -0.39 is 0 Å². The lowest BCUT2D eigenvalue weighted by atomic mass is 9.98. The van der Waals surface area contributed by atoms with Gasteiger partial charge in [0.05, 0.1) is 11.8 Å². The molecule has 0 bridgehead atoms. The predicted molar refractivity (Wildman–Crippen MR) is 59.9 cm³/mol. The zero-order chi connectivity index (χ0) is 11.0. The van der Waals surface area contributed by atoms with Crippen LogP contribution in [0.4, 0.5) is 0 Å². The number of carbonyl (C=O) groups excluding carboxylic acids is 1. The first kappa shape index (κ1) is 9.87. The van der Waals surface area contributed by atoms with Crippen molar-refractivity contribution in [2.45, 2.75) is 25.7 Å². The van der Waals surface area contributed by atoms with Crippen LogP contribution in [0.15, 0.2) is 12.4 Å². The van der Waals surface area contributed by atoms with Gasteiger partial charge in [0.1, 0.15) is 0 Å². The van der Waals surface area contributed by atoms with Crippen molar-refractivity contribution in [1.82, 2.24) is 15.5 Å². The van der Waals surface area contributed by atoms with Gasteiger partial charge in [-0.3, -0.25) is 9.89 Å². The van der Waals surface area contributed by atoms with Crippen LogP contribution in [0.3, 0.4) is 0 Å². The van der Waals surface area contributed by atoms with Gasteiger partial charge in [-0.15, -0.1) is 0 Å². The Bertz CT molecular complexity index is 354. The zero-order valence-electron chi connectivity index (χ0n) is 9.28. The van der Waals surface area contributed by atoms with E-state index in [0.717, 1.165) is 24.3 Å². The van der Waals surface area contributed by atoms with Crippen molar-refractivity contribution >= 4 is 5.91 Å². The van der Waals surface area contributed by atoms with E-state index >= 15 is 0 Å². The Labute approximate surface area is 94.8 Å². The van der Waals surface area contributed by atoms with Crippen molar-refractivity contribution in [3.05, 3.63) is 18.0 Å². The first-order valence-electron chi connectivity index (χ1n) is 6.11. The number of nitrogens with one attached hydrogen (secondary N) is 2. The Hall–Kier alpha value is -1.32. The molecular weight excluding hydrogens is 202 g/mol. The number of carbonyl (C=O) groups is 1. The first-order chi connectivity index (χ1) is 7.84. The highest BCUT2D eigenvalue weighted by atomic mass is 16.1. The average molecular weight is 219 g/mol. The lowest BCUT2D eigenvalue weighted by molar-refractivity contribution is 0.0943. The summed E-state index contributed by atoms with van der Waals surface area (Å²) in [6, 6.07) is 0. The van der Waals surface area contributed by atoms with Crippen LogP contribution in [0.2, 0.25) is 0 Å². The normalized spacial score (nSPS) is 20.1. The standard InChI is InChI=1S/C12H17N3O/c16-12(10-5-14-15-6-10)13-7-11(8-1-2-8)9-3-4-9/h5-6,8-9,11H,1-4,7H2,(H,13,16)(H,14,15). The molecule has 2 fully saturated rings. The second-order valence-electron chi connectivity index (χ2n) is 5.04. The summed E-state index contributed by atoms with van der Waals surface area (Å²) in [6.45, 7) is 0.847. The minimum absolute atomic E-state index is 0.0000463. The van der Waals surface area contributed by atoms with Gasteiger partial charge < -0.3 is 5.32 Å². The summed E-state index contributed by atoms with van der Waals surface area (Å²) >= 11 is 0. The number of aromatic amines is 1. The lowest BCUT2D eigenvalue weighted by Crippen LogP contribution is -2.30. The van der Waals surface area contributed by atoms with Crippen molar-refractivity contribution in [3.63, 3.8) is 0 Å². The number of amides is 1. The molecule has 1 aromatic rings. The van der Waals surface area contributed by atoms with Crippen LogP contribution in [0.5, 0.6) is 0 Å². The number of hydrogen-bond donors (Lipinski definition) is 2. The van der Waals surface area contributed by atoms with Gasteiger partial charge in [-0.25, -0.2) is 0 Å². The first-order valence-corrected chi connectivity index (χ1v) is 6.11. The fourth-order valence-electron chi connectivity index (χ4n) is 2.45. The molecule has 1 aromatic heterocycles. The number of nitrogens with zero attached hydrogens (tertiary/aromatic N) is 1. The number of hydrogen-bond acceptors (Lipinski definition) is 2. The quantitative estimate of drug-likeness (QED) is 0.789. The Kier molecular flexibility index (Phi) is 2.42. The zero-order valence-corrected chi connectivity index (χ0v) is 9.28. The van der Waals surface area contributed by atoms with Crippen molar-refractivity contribution < 1.29 is 4.79 Å². The fourth-order valence-corrected chi connectivity index (χ4v) is 2.45. The molecule has 86 valence electrons. The molecule has 0 aromatic carbocycles. The smallest absolute Gasteiger partial charge is 0.254 e. The third-order valence-corrected chi connectivity index (χ3v) is 3.71. The molecule has 2 N–H and O–H groups in total. The molecule has 0 atom stereocenters. The summed E-state index contributed by atoms with van der Waals surface area (Å²) in [6.07, 6.45) is 8.66. The van der Waals surface area contributed by atoms with Gasteiger partial charge in [0.2, 0.25) is 0 Å². The van der Waals surface area contributed by atoms with Crippen molar-refractivity contribution in [1.29, 1.82) is 0 Å². The Morgan fingerprint density at radius 2 is 2.12 bits per heavy atom. The monoisotopic (exact) mass is 219 g/mol. The number of rotatable bonds is 5. The highest BCUT2D eigenvalue weighted by Gasteiger charge is 2.41. The minimum atomic E-state index is 0.0000463. The van der Waals surface area contributed by atoms with Crippen LogP contribution in [0, 0.1) is 17.8 Å². The van der Waals surface area contributed by atoms with Crippen LogP contribution in [0.25, 0.3) is 0 Å². The maximum atomic E-state index is 11.7. The van der Waals surface area contributed by atoms with Crippen LogP contribution >= 0.6 is 0 Å². The molecule has 4 nitrogen and oxygen atoms in total. The second-order valence-corrected chi connectivity index (χ2v) is 5.04. The van der Waals surface area contributed by atoms with Crippen molar-refractivity contribution in [2.24, 2.45) is 17.8 Å². The Balaban J connectivity index is 1.53. The highest BCUT2D eigenvalue weighted by Crippen LogP contribution is 2.48. The molecule has 3 rings (SSSR count). The molecule has 0 saturated heterocycles. The maximum Gasteiger partial charge on any atom is 0.254 e. The van der Waals surface area contributed by atoms with Crippen LogP contribution in [0.1, 0.15) is 36.0 Å². The molecule has 1 heterocycles. The fraction of sp³-hybridized carbons (Fsp3) is 0.667. The largest absolute Gasteiger partial charge is 0.352 e. The number of H-pyrrole nitrogens is 1. The van der Waals surface area contributed by atoms with Crippen LogP contribution in [-0.4, -0.2) is 22.6 Å². The van der Waals surface area contributed by atoms with E-state index in [1.54, 1.807) is 12.4 Å². The molecule has 2 aliphatic rings.